The van der Waals surface area contributed by atoms with E-state index < -0.39 is 11.5 Å². The number of aromatic amines is 1. The van der Waals surface area contributed by atoms with Gasteiger partial charge < -0.3 is 9.47 Å². The molecule has 6 heteroatoms. The van der Waals surface area contributed by atoms with E-state index in [1.165, 1.54) is 21.1 Å². The molecular formula is C7H10N2O4. The lowest BCUT2D eigenvalue weighted by molar-refractivity contribution is -0.132. The Morgan fingerprint density at radius 3 is 2.62 bits per heavy atom. The molecule has 1 heterocycles. The number of carbonyl (C=O) groups is 1. The van der Waals surface area contributed by atoms with Crippen molar-refractivity contribution in [3.63, 3.8) is 0 Å². The van der Waals surface area contributed by atoms with Gasteiger partial charge in [-0.3, -0.25) is 14.7 Å². The fourth-order valence-corrected chi connectivity index (χ4v) is 0.875. The lowest BCUT2D eigenvalue weighted by Crippen LogP contribution is -2.15. The first-order valence-electron chi connectivity index (χ1n) is 3.57. The standard InChI is InChI=1S/C7H10N2O4/c1-4(10)13-5-6(12-3)8-9(2)7(5)11/h8H,1-3H3. The first-order chi connectivity index (χ1) is 6.06. The molecule has 1 N–H and O–H groups in total. The Morgan fingerprint density at radius 1 is 1.54 bits per heavy atom. The van der Waals surface area contributed by atoms with Crippen LogP contribution in [0.2, 0.25) is 0 Å². The molecule has 0 bridgehead atoms. The van der Waals surface area contributed by atoms with Crippen molar-refractivity contribution >= 4 is 5.97 Å². The molecule has 0 aliphatic heterocycles. The van der Waals surface area contributed by atoms with Crippen LogP contribution in [0, 0.1) is 0 Å². The first kappa shape index (κ1) is 9.37. The summed E-state index contributed by atoms with van der Waals surface area (Å²) >= 11 is 0. The lowest BCUT2D eigenvalue weighted by Gasteiger charge is -1.98. The van der Waals surface area contributed by atoms with Crippen molar-refractivity contribution in [2.24, 2.45) is 7.05 Å². The van der Waals surface area contributed by atoms with Gasteiger partial charge in [-0.05, 0) is 0 Å². The zero-order valence-corrected chi connectivity index (χ0v) is 7.58. The smallest absolute Gasteiger partial charge is 0.313 e. The van der Waals surface area contributed by atoms with Gasteiger partial charge in [-0.15, -0.1) is 0 Å². The summed E-state index contributed by atoms with van der Waals surface area (Å²) in [5.41, 5.74) is -0.438. The Bertz CT molecular complexity index is 376. The molecule has 13 heavy (non-hydrogen) atoms. The minimum absolute atomic E-state index is 0.113. The number of nitrogens with zero attached hydrogens (tertiary/aromatic N) is 1. The molecule has 0 aliphatic rings. The SMILES string of the molecule is COc1[nH]n(C)c(=O)c1OC(C)=O. The van der Waals surface area contributed by atoms with Crippen molar-refractivity contribution in [1.82, 2.24) is 9.78 Å². The Morgan fingerprint density at radius 2 is 2.15 bits per heavy atom. The van der Waals surface area contributed by atoms with Gasteiger partial charge in [0.05, 0.1) is 7.11 Å². The van der Waals surface area contributed by atoms with Crippen molar-refractivity contribution in [3.8, 4) is 11.6 Å². The third-order valence-corrected chi connectivity index (χ3v) is 1.42. The van der Waals surface area contributed by atoms with Crippen molar-refractivity contribution in [2.45, 2.75) is 6.92 Å². The Hall–Kier alpha value is -1.72. The normalized spacial score (nSPS) is 9.77. The Balaban J connectivity index is 3.16. The minimum atomic E-state index is -0.560. The molecular weight excluding hydrogens is 176 g/mol. The van der Waals surface area contributed by atoms with Crippen LogP contribution in [0.15, 0.2) is 4.79 Å². The van der Waals surface area contributed by atoms with Crippen molar-refractivity contribution in [2.75, 3.05) is 7.11 Å². The van der Waals surface area contributed by atoms with Crippen LogP contribution in [0.1, 0.15) is 6.92 Å². The number of carbonyl (C=O) groups excluding carboxylic acids is 1. The quantitative estimate of drug-likeness (QED) is 0.640. The number of esters is 1. The van der Waals surface area contributed by atoms with Gasteiger partial charge in [-0.1, -0.05) is 0 Å². The van der Waals surface area contributed by atoms with Crippen LogP contribution in [-0.4, -0.2) is 22.9 Å². The maximum atomic E-state index is 11.3. The third-order valence-electron chi connectivity index (χ3n) is 1.42. The van der Waals surface area contributed by atoms with Gasteiger partial charge in [0.2, 0.25) is 0 Å². The van der Waals surface area contributed by atoms with Crippen LogP contribution in [0.3, 0.4) is 0 Å². The lowest BCUT2D eigenvalue weighted by atomic mass is 10.6. The summed E-state index contributed by atoms with van der Waals surface area (Å²) in [7, 11) is 2.87. The molecule has 0 saturated heterocycles. The number of aromatic nitrogens is 2. The second kappa shape index (κ2) is 3.34. The van der Waals surface area contributed by atoms with Gasteiger partial charge >= 0.3 is 11.5 Å². The summed E-state index contributed by atoms with van der Waals surface area (Å²) in [5, 5.41) is 2.57. The fourth-order valence-electron chi connectivity index (χ4n) is 0.875. The molecule has 0 spiro atoms. The average molecular weight is 186 g/mol. The number of rotatable bonds is 2. The molecule has 0 aromatic carbocycles. The molecule has 1 aromatic heterocycles. The third kappa shape index (κ3) is 1.71. The van der Waals surface area contributed by atoms with Crippen LogP contribution in [-0.2, 0) is 11.8 Å². The monoisotopic (exact) mass is 186 g/mol. The highest BCUT2D eigenvalue weighted by Gasteiger charge is 2.16. The Labute approximate surface area is 74.0 Å². The highest BCUT2D eigenvalue weighted by atomic mass is 16.6. The summed E-state index contributed by atoms with van der Waals surface area (Å²) < 4.78 is 10.6. The number of hydrogen-bond donors (Lipinski definition) is 1. The van der Waals surface area contributed by atoms with E-state index >= 15 is 0 Å². The largest absolute Gasteiger partial charge is 0.479 e. The van der Waals surface area contributed by atoms with Crippen LogP contribution in [0.25, 0.3) is 0 Å². The average Bonchev–Trinajstić information content (AvgIpc) is 2.31. The maximum Gasteiger partial charge on any atom is 0.313 e. The molecule has 1 aromatic rings. The minimum Gasteiger partial charge on any atom is -0.479 e. The van der Waals surface area contributed by atoms with E-state index in [0.29, 0.717) is 0 Å². The molecule has 0 unspecified atom stereocenters. The number of hydrogen-bond acceptors (Lipinski definition) is 4. The molecule has 0 fully saturated rings. The highest BCUT2D eigenvalue weighted by molar-refractivity contribution is 5.69. The number of methoxy groups -OCH3 is 1. The highest BCUT2D eigenvalue weighted by Crippen LogP contribution is 2.18. The van der Waals surface area contributed by atoms with Gasteiger partial charge in [-0.2, -0.15) is 0 Å². The molecule has 0 atom stereocenters. The van der Waals surface area contributed by atoms with Gasteiger partial charge in [-0.25, -0.2) is 4.68 Å². The van der Waals surface area contributed by atoms with E-state index in [1.807, 2.05) is 0 Å². The van der Waals surface area contributed by atoms with Crippen molar-refractivity contribution in [3.05, 3.63) is 10.4 Å². The zero-order valence-electron chi connectivity index (χ0n) is 7.58. The fraction of sp³-hybridized carbons (Fsp3) is 0.429. The predicted octanol–water partition coefficient (Wildman–Crippen LogP) is -0.353. The molecule has 1 rings (SSSR count). The van der Waals surface area contributed by atoms with E-state index in [4.69, 9.17) is 4.74 Å². The number of ether oxygens (including phenoxy) is 2. The summed E-state index contributed by atoms with van der Waals surface area (Å²) in [6, 6.07) is 0. The summed E-state index contributed by atoms with van der Waals surface area (Å²) in [4.78, 5) is 21.9. The molecule has 0 radical (unpaired) electrons. The van der Waals surface area contributed by atoms with Crippen LogP contribution >= 0.6 is 0 Å². The molecule has 0 saturated carbocycles. The second-order valence-corrected chi connectivity index (χ2v) is 2.43. The molecule has 72 valence electrons. The second-order valence-electron chi connectivity index (χ2n) is 2.43. The predicted molar refractivity (Wildman–Crippen MR) is 43.9 cm³/mol. The molecule has 0 amide bonds. The van der Waals surface area contributed by atoms with Gasteiger partial charge in [0, 0.05) is 14.0 Å². The van der Waals surface area contributed by atoms with E-state index in [0.717, 1.165) is 4.68 Å². The first-order valence-corrected chi connectivity index (χ1v) is 3.57. The van der Waals surface area contributed by atoms with Gasteiger partial charge in [0.1, 0.15) is 0 Å². The number of aryl methyl sites for hydroxylation is 1. The van der Waals surface area contributed by atoms with Crippen molar-refractivity contribution < 1.29 is 14.3 Å². The summed E-state index contributed by atoms with van der Waals surface area (Å²) in [5.74, 6) is -0.532. The maximum absolute atomic E-state index is 11.3. The van der Waals surface area contributed by atoms with Crippen LogP contribution < -0.4 is 15.0 Å². The molecule has 6 nitrogen and oxygen atoms in total. The number of H-pyrrole nitrogens is 1. The summed E-state index contributed by atoms with van der Waals surface area (Å²) in [6.45, 7) is 1.21. The summed E-state index contributed by atoms with van der Waals surface area (Å²) in [6.07, 6.45) is 0. The van der Waals surface area contributed by atoms with E-state index in [9.17, 15) is 9.59 Å². The Kier molecular flexibility index (Phi) is 2.41. The van der Waals surface area contributed by atoms with E-state index in [2.05, 4.69) is 9.84 Å². The molecule has 0 aliphatic carbocycles. The zero-order chi connectivity index (χ0) is 10.0. The van der Waals surface area contributed by atoms with Crippen LogP contribution in [0.5, 0.6) is 11.6 Å². The van der Waals surface area contributed by atoms with Gasteiger partial charge in [0.15, 0.2) is 0 Å². The van der Waals surface area contributed by atoms with Crippen molar-refractivity contribution in [1.29, 1.82) is 0 Å². The van der Waals surface area contributed by atoms with Gasteiger partial charge in [0.25, 0.3) is 11.6 Å². The van der Waals surface area contributed by atoms with E-state index in [1.54, 1.807) is 0 Å². The van der Waals surface area contributed by atoms with E-state index in [-0.39, 0.29) is 11.6 Å². The topological polar surface area (TPSA) is 73.3 Å². The van der Waals surface area contributed by atoms with Crippen LogP contribution in [0.4, 0.5) is 0 Å². The number of nitrogens with one attached hydrogen (secondary N) is 1.